The lowest BCUT2D eigenvalue weighted by Gasteiger charge is -2.24. The van der Waals surface area contributed by atoms with E-state index in [9.17, 15) is 9.59 Å². The molecule has 3 aromatic rings. The quantitative estimate of drug-likeness (QED) is 0.388. The first-order valence-corrected chi connectivity index (χ1v) is 10.2. The summed E-state index contributed by atoms with van der Waals surface area (Å²) < 4.78 is 0. The molecule has 3 aromatic carbocycles. The first-order valence-electron chi connectivity index (χ1n) is 10.2. The molecule has 2 N–H and O–H groups in total. The largest absolute Gasteiger partial charge is 0.322 e. The highest BCUT2D eigenvalue weighted by Gasteiger charge is 2.35. The van der Waals surface area contributed by atoms with Gasteiger partial charge in [0.05, 0.1) is 0 Å². The Hall–Kier alpha value is -3.88. The van der Waals surface area contributed by atoms with Crippen LogP contribution in [0, 0.1) is 11.8 Å². The first kappa shape index (κ1) is 20.4. The second kappa shape index (κ2) is 8.86. The van der Waals surface area contributed by atoms with E-state index in [0.29, 0.717) is 18.5 Å². The Balaban J connectivity index is 1.54. The second-order valence-electron chi connectivity index (χ2n) is 7.40. The molecule has 1 heterocycles. The van der Waals surface area contributed by atoms with Gasteiger partial charge < -0.3 is 4.90 Å². The fourth-order valence-electron chi connectivity index (χ4n) is 3.81. The van der Waals surface area contributed by atoms with E-state index >= 15 is 0 Å². The van der Waals surface area contributed by atoms with Crippen molar-refractivity contribution in [2.45, 2.75) is 25.9 Å². The van der Waals surface area contributed by atoms with Crippen LogP contribution in [0.25, 0.3) is 11.1 Å². The van der Waals surface area contributed by atoms with Gasteiger partial charge in [0.15, 0.2) is 0 Å². The molecule has 1 aliphatic heterocycles. The average Bonchev–Trinajstić information content (AvgIpc) is 3.14. The third-order valence-electron chi connectivity index (χ3n) is 5.46. The molecule has 1 atom stereocenters. The summed E-state index contributed by atoms with van der Waals surface area (Å²) in [5, 5.41) is 8.97. The molecule has 0 saturated carbocycles. The minimum atomic E-state index is -0.698. The van der Waals surface area contributed by atoms with Crippen LogP contribution in [0.15, 0.2) is 72.8 Å². The third kappa shape index (κ3) is 4.20. The van der Waals surface area contributed by atoms with Gasteiger partial charge in [0, 0.05) is 23.2 Å². The van der Waals surface area contributed by atoms with Crippen LogP contribution in [-0.2, 0) is 11.3 Å². The SMILES string of the molecule is CC[C@@H](C(=O)NO)N1Cc2cc(-c3ccc(C#Cc4ccccc4)cc3)ccc2C1=O. The van der Waals surface area contributed by atoms with Crippen molar-refractivity contribution < 1.29 is 14.8 Å². The predicted octanol–water partition coefficient (Wildman–Crippen LogP) is 3.99. The van der Waals surface area contributed by atoms with Crippen LogP contribution in [-0.4, -0.2) is 28.0 Å². The fraction of sp³-hybridized carbons (Fsp3) is 0.154. The van der Waals surface area contributed by atoms with Gasteiger partial charge >= 0.3 is 0 Å². The number of carbonyl (C=O) groups excluding carboxylic acids is 2. The minimum Gasteiger partial charge on any atom is -0.322 e. The maximum absolute atomic E-state index is 12.7. The highest BCUT2D eigenvalue weighted by molar-refractivity contribution is 6.01. The Kier molecular flexibility index (Phi) is 5.83. The van der Waals surface area contributed by atoms with Crippen LogP contribution >= 0.6 is 0 Å². The number of benzene rings is 3. The van der Waals surface area contributed by atoms with E-state index < -0.39 is 11.9 Å². The Morgan fingerprint density at radius 3 is 2.29 bits per heavy atom. The van der Waals surface area contributed by atoms with Crippen molar-refractivity contribution in [3.63, 3.8) is 0 Å². The van der Waals surface area contributed by atoms with Crippen LogP contribution in [0.2, 0.25) is 0 Å². The van der Waals surface area contributed by atoms with Crippen molar-refractivity contribution in [2.24, 2.45) is 0 Å². The molecule has 0 aliphatic carbocycles. The van der Waals surface area contributed by atoms with Gasteiger partial charge in [0.1, 0.15) is 6.04 Å². The molecule has 4 rings (SSSR count). The number of fused-ring (bicyclic) bond motifs is 1. The lowest BCUT2D eigenvalue weighted by molar-refractivity contribution is -0.134. The number of hydrogen-bond acceptors (Lipinski definition) is 3. The van der Waals surface area contributed by atoms with E-state index in [1.807, 2.05) is 73.7 Å². The van der Waals surface area contributed by atoms with E-state index in [0.717, 1.165) is 27.8 Å². The number of hydroxylamine groups is 1. The van der Waals surface area contributed by atoms with Crippen molar-refractivity contribution in [2.75, 3.05) is 0 Å². The Bertz CT molecular complexity index is 1170. The van der Waals surface area contributed by atoms with E-state index in [1.165, 1.54) is 4.90 Å². The Labute approximate surface area is 181 Å². The zero-order valence-electron chi connectivity index (χ0n) is 17.1. The van der Waals surface area contributed by atoms with Gasteiger partial charge in [-0.25, -0.2) is 5.48 Å². The van der Waals surface area contributed by atoms with Crippen LogP contribution in [0.3, 0.4) is 0 Å². The highest BCUT2D eigenvalue weighted by atomic mass is 16.5. The van der Waals surface area contributed by atoms with Crippen molar-refractivity contribution in [3.8, 4) is 23.0 Å². The normalized spacial score (nSPS) is 13.2. The molecule has 0 radical (unpaired) electrons. The molecule has 5 heteroatoms. The molecule has 0 unspecified atom stereocenters. The molecular weight excluding hydrogens is 388 g/mol. The van der Waals surface area contributed by atoms with Gasteiger partial charge in [-0.3, -0.25) is 14.8 Å². The van der Waals surface area contributed by atoms with E-state index in [1.54, 1.807) is 11.5 Å². The van der Waals surface area contributed by atoms with Crippen LogP contribution in [0.4, 0.5) is 0 Å². The van der Waals surface area contributed by atoms with E-state index in [2.05, 4.69) is 11.8 Å². The summed E-state index contributed by atoms with van der Waals surface area (Å²) in [7, 11) is 0. The number of amides is 2. The minimum absolute atomic E-state index is 0.191. The number of rotatable bonds is 4. The smallest absolute Gasteiger partial charge is 0.266 e. The van der Waals surface area contributed by atoms with E-state index in [-0.39, 0.29) is 5.91 Å². The monoisotopic (exact) mass is 410 g/mol. The molecule has 0 fully saturated rings. The van der Waals surface area contributed by atoms with Crippen molar-refractivity contribution in [1.82, 2.24) is 10.4 Å². The van der Waals surface area contributed by atoms with E-state index in [4.69, 9.17) is 5.21 Å². The summed E-state index contributed by atoms with van der Waals surface area (Å²) >= 11 is 0. The van der Waals surface area contributed by atoms with Crippen molar-refractivity contribution in [3.05, 3.63) is 95.1 Å². The zero-order valence-corrected chi connectivity index (χ0v) is 17.1. The molecule has 0 saturated heterocycles. The molecular formula is C26H22N2O3. The number of carbonyl (C=O) groups is 2. The van der Waals surface area contributed by atoms with Gasteiger partial charge in [0.2, 0.25) is 0 Å². The molecule has 0 spiro atoms. The Morgan fingerprint density at radius 1 is 1.00 bits per heavy atom. The molecule has 0 bridgehead atoms. The Morgan fingerprint density at radius 2 is 1.65 bits per heavy atom. The van der Waals surface area contributed by atoms with Gasteiger partial charge in [-0.05, 0) is 59.5 Å². The topological polar surface area (TPSA) is 69.6 Å². The molecule has 0 aromatic heterocycles. The predicted molar refractivity (Wildman–Crippen MR) is 118 cm³/mol. The maximum atomic E-state index is 12.7. The lowest BCUT2D eigenvalue weighted by Crippen LogP contribution is -2.45. The van der Waals surface area contributed by atoms with Gasteiger partial charge in [-0.1, -0.05) is 55.2 Å². The van der Waals surface area contributed by atoms with Crippen LogP contribution < -0.4 is 5.48 Å². The zero-order chi connectivity index (χ0) is 21.8. The van der Waals surface area contributed by atoms with Crippen LogP contribution in [0.1, 0.15) is 40.4 Å². The van der Waals surface area contributed by atoms with Crippen molar-refractivity contribution in [1.29, 1.82) is 0 Å². The van der Waals surface area contributed by atoms with Crippen molar-refractivity contribution >= 4 is 11.8 Å². The van der Waals surface area contributed by atoms with Gasteiger partial charge in [0.25, 0.3) is 11.8 Å². The summed E-state index contributed by atoms with van der Waals surface area (Å²) in [5.41, 5.74) is 7.05. The fourth-order valence-corrected chi connectivity index (χ4v) is 3.81. The molecule has 1 aliphatic rings. The summed E-state index contributed by atoms with van der Waals surface area (Å²) in [6.45, 7) is 2.15. The molecule has 2 amide bonds. The maximum Gasteiger partial charge on any atom is 0.266 e. The molecule has 31 heavy (non-hydrogen) atoms. The van der Waals surface area contributed by atoms with Gasteiger partial charge in [-0.2, -0.15) is 0 Å². The molecule has 5 nitrogen and oxygen atoms in total. The summed E-state index contributed by atoms with van der Waals surface area (Å²) in [6.07, 6.45) is 0.421. The van der Waals surface area contributed by atoms with Gasteiger partial charge in [-0.15, -0.1) is 0 Å². The van der Waals surface area contributed by atoms with Crippen LogP contribution in [0.5, 0.6) is 0 Å². The number of nitrogens with one attached hydrogen (secondary N) is 1. The summed E-state index contributed by atoms with van der Waals surface area (Å²) in [4.78, 5) is 26.2. The number of hydrogen-bond donors (Lipinski definition) is 2. The standard InChI is InChI=1S/C26H22N2O3/c1-2-24(25(29)27-31)28-17-22-16-21(14-15-23(22)26(28)30)20-12-10-19(11-13-20)9-8-18-6-4-3-5-7-18/h3-7,10-16,24,31H,2,17H2,1H3,(H,27,29)/t24-/m0/s1. The third-order valence-corrected chi connectivity index (χ3v) is 5.46. The number of nitrogens with zero attached hydrogens (tertiary/aromatic N) is 1. The lowest BCUT2D eigenvalue weighted by atomic mass is 9.99. The first-order chi connectivity index (χ1) is 15.1. The molecule has 154 valence electrons. The summed E-state index contributed by atoms with van der Waals surface area (Å²) in [5.74, 6) is 5.55. The second-order valence-corrected chi connectivity index (χ2v) is 7.40. The average molecular weight is 410 g/mol. The highest BCUT2D eigenvalue weighted by Crippen LogP contribution is 2.30. The summed E-state index contributed by atoms with van der Waals surface area (Å²) in [6, 6.07) is 22.8.